The molecule has 3 heteroatoms. The number of hydrogen-bond acceptors (Lipinski definition) is 3. The molecule has 0 heterocycles. The normalized spacial score (nSPS) is 10.1. The summed E-state index contributed by atoms with van der Waals surface area (Å²) in [5.41, 5.74) is 1.04. The topological polar surface area (TPSA) is 30.5 Å². The zero-order chi connectivity index (χ0) is 15.7. The van der Waals surface area contributed by atoms with Crippen LogP contribution in [0.3, 0.4) is 0 Å². The lowest BCUT2D eigenvalue weighted by Gasteiger charge is -2.10. The monoisotopic (exact) mass is 305 g/mol. The largest absolute Gasteiger partial charge is 0.492 e. The maximum absolute atomic E-state index is 5.76. The fourth-order valence-corrected chi connectivity index (χ4v) is 2.15. The predicted octanol–water partition coefficient (Wildman–Crippen LogP) is 4.97. The van der Waals surface area contributed by atoms with E-state index in [1.807, 2.05) is 84.9 Å². The van der Waals surface area contributed by atoms with Gasteiger partial charge in [0.25, 0.3) is 0 Å². The Morgan fingerprint density at radius 2 is 1.17 bits per heavy atom. The van der Waals surface area contributed by atoms with Gasteiger partial charge in [-0.05, 0) is 48.5 Å². The molecule has 1 N–H and O–H groups in total. The highest BCUT2D eigenvalue weighted by atomic mass is 16.5. The number of rotatable bonds is 7. The van der Waals surface area contributed by atoms with E-state index in [2.05, 4.69) is 5.32 Å². The maximum atomic E-state index is 5.76. The molecule has 0 radical (unpaired) electrons. The van der Waals surface area contributed by atoms with E-state index in [1.54, 1.807) is 0 Å². The summed E-state index contributed by atoms with van der Waals surface area (Å²) in [5, 5.41) is 3.33. The van der Waals surface area contributed by atoms with Crippen molar-refractivity contribution in [3.8, 4) is 17.2 Å². The second-order valence-corrected chi connectivity index (χ2v) is 5.03. The molecule has 0 aliphatic heterocycles. The van der Waals surface area contributed by atoms with Crippen molar-refractivity contribution in [3.05, 3.63) is 84.9 Å². The van der Waals surface area contributed by atoms with E-state index in [1.165, 1.54) is 0 Å². The Bertz CT molecular complexity index is 697. The zero-order valence-electron chi connectivity index (χ0n) is 12.8. The molecule has 116 valence electrons. The number of hydrogen-bond donors (Lipinski definition) is 1. The van der Waals surface area contributed by atoms with Crippen LogP contribution in [0.15, 0.2) is 84.9 Å². The van der Waals surface area contributed by atoms with E-state index in [-0.39, 0.29) is 0 Å². The number of para-hydroxylation sites is 2. The smallest absolute Gasteiger partial charge is 0.127 e. The maximum Gasteiger partial charge on any atom is 0.127 e. The molecule has 0 aliphatic carbocycles. The number of nitrogens with one attached hydrogen (secondary N) is 1. The summed E-state index contributed by atoms with van der Waals surface area (Å²) in [6, 6.07) is 27.5. The fourth-order valence-electron chi connectivity index (χ4n) is 2.15. The van der Waals surface area contributed by atoms with E-state index in [9.17, 15) is 0 Å². The van der Waals surface area contributed by atoms with Gasteiger partial charge in [0.15, 0.2) is 0 Å². The molecular weight excluding hydrogens is 286 g/mol. The number of benzene rings is 3. The molecule has 3 aromatic carbocycles. The van der Waals surface area contributed by atoms with Crippen LogP contribution in [0.4, 0.5) is 5.69 Å². The molecule has 0 amide bonds. The molecule has 0 saturated carbocycles. The molecule has 3 nitrogen and oxygen atoms in total. The molecule has 0 aromatic heterocycles. The lowest BCUT2D eigenvalue weighted by Crippen LogP contribution is -2.11. The first kappa shape index (κ1) is 15.0. The van der Waals surface area contributed by atoms with Crippen molar-refractivity contribution in [3.63, 3.8) is 0 Å². The number of ether oxygens (including phenoxy) is 2. The Kier molecular flexibility index (Phi) is 5.14. The third kappa shape index (κ3) is 4.78. The summed E-state index contributed by atoms with van der Waals surface area (Å²) in [5.74, 6) is 2.55. The van der Waals surface area contributed by atoms with Gasteiger partial charge in [-0.3, -0.25) is 0 Å². The van der Waals surface area contributed by atoms with E-state index in [4.69, 9.17) is 9.47 Å². The van der Waals surface area contributed by atoms with Gasteiger partial charge < -0.3 is 14.8 Å². The molecule has 0 fully saturated rings. The van der Waals surface area contributed by atoms with E-state index in [0.717, 1.165) is 29.5 Å². The van der Waals surface area contributed by atoms with Gasteiger partial charge in [-0.2, -0.15) is 0 Å². The SMILES string of the molecule is c1ccc(OCCNc2ccc(Oc3ccccc3)cc2)cc1. The summed E-state index contributed by atoms with van der Waals surface area (Å²) < 4.78 is 11.4. The standard InChI is InChI=1S/C20H19NO2/c1-3-7-18(8-4-1)22-16-15-21-17-11-13-20(14-12-17)23-19-9-5-2-6-10-19/h1-14,21H,15-16H2. The Morgan fingerprint density at radius 3 is 1.83 bits per heavy atom. The van der Waals surface area contributed by atoms with Crippen molar-refractivity contribution in [2.75, 3.05) is 18.5 Å². The molecule has 0 aliphatic rings. The molecule has 0 spiro atoms. The number of anilines is 1. The Labute approximate surface area is 136 Å². The van der Waals surface area contributed by atoms with E-state index < -0.39 is 0 Å². The third-order valence-corrected chi connectivity index (χ3v) is 3.28. The minimum atomic E-state index is 0.617. The summed E-state index contributed by atoms with van der Waals surface area (Å²) in [7, 11) is 0. The molecule has 0 bridgehead atoms. The molecule has 3 aromatic rings. The van der Waals surface area contributed by atoms with Crippen LogP contribution in [-0.2, 0) is 0 Å². The van der Waals surface area contributed by atoms with Crippen molar-refractivity contribution in [2.45, 2.75) is 0 Å². The van der Waals surface area contributed by atoms with Gasteiger partial charge in [-0.15, -0.1) is 0 Å². The van der Waals surface area contributed by atoms with Gasteiger partial charge in [-0.1, -0.05) is 36.4 Å². The molecule has 0 atom stereocenters. The van der Waals surface area contributed by atoms with Crippen LogP contribution in [0.2, 0.25) is 0 Å². The highest BCUT2D eigenvalue weighted by Crippen LogP contribution is 2.22. The quantitative estimate of drug-likeness (QED) is 0.625. The Hall–Kier alpha value is -2.94. The molecular formula is C20H19NO2. The van der Waals surface area contributed by atoms with Gasteiger partial charge in [0.1, 0.15) is 23.9 Å². The Balaban J connectivity index is 1.44. The molecule has 3 rings (SSSR count). The minimum Gasteiger partial charge on any atom is -0.492 e. The third-order valence-electron chi connectivity index (χ3n) is 3.28. The average Bonchev–Trinajstić information content (AvgIpc) is 2.62. The van der Waals surface area contributed by atoms with Gasteiger partial charge in [-0.25, -0.2) is 0 Å². The highest BCUT2D eigenvalue weighted by molar-refractivity contribution is 5.47. The van der Waals surface area contributed by atoms with Crippen LogP contribution >= 0.6 is 0 Å². The van der Waals surface area contributed by atoms with Crippen molar-refractivity contribution >= 4 is 5.69 Å². The summed E-state index contributed by atoms with van der Waals surface area (Å²) in [4.78, 5) is 0. The first-order chi connectivity index (χ1) is 11.4. The molecule has 0 unspecified atom stereocenters. The fraction of sp³-hybridized carbons (Fsp3) is 0.100. The van der Waals surface area contributed by atoms with E-state index in [0.29, 0.717) is 6.61 Å². The summed E-state index contributed by atoms with van der Waals surface area (Å²) >= 11 is 0. The minimum absolute atomic E-state index is 0.617. The van der Waals surface area contributed by atoms with Crippen LogP contribution in [0.1, 0.15) is 0 Å². The van der Waals surface area contributed by atoms with Crippen LogP contribution in [-0.4, -0.2) is 13.2 Å². The van der Waals surface area contributed by atoms with Gasteiger partial charge in [0.05, 0.1) is 0 Å². The van der Waals surface area contributed by atoms with Crippen molar-refractivity contribution in [1.29, 1.82) is 0 Å². The molecule has 0 saturated heterocycles. The van der Waals surface area contributed by atoms with Gasteiger partial charge >= 0.3 is 0 Å². The van der Waals surface area contributed by atoms with Crippen LogP contribution < -0.4 is 14.8 Å². The zero-order valence-corrected chi connectivity index (χ0v) is 12.8. The van der Waals surface area contributed by atoms with E-state index >= 15 is 0 Å². The first-order valence-corrected chi connectivity index (χ1v) is 7.65. The van der Waals surface area contributed by atoms with Crippen molar-refractivity contribution < 1.29 is 9.47 Å². The van der Waals surface area contributed by atoms with Gasteiger partial charge in [0.2, 0.25) is 0 Å². The molecule has 23 heavy (non-hydrogen) atoms. The van der Waals surface area contributed by atoms with Crippen molar-refractivity contribution in [2.24, 2.45) is 0 Å². The van der Waals surface area contributed by atoms with Crippen LogP contribution in [0.5, 0.6) is 17.2 Å². The highest BCUT2D eigenvalue weighted by Gasteiger charge is 1.98. The summed E-state index contributed by atoms with van der Waals surface area (Å²) in [6.45, 7) is 1.36. The Morgan fingerprint density at radius 1 is 0.609 bits per heavy atom. The van der Waals surface area contributed by atoms with Crippen molar-refractivity contribution in [1.82, 2.24) is 0 Å². The second-order valence-electron chi connectivity index (χ2n) is 5.03. The van der Waals surface area contributed by atoms with Crippen LogP contribution in [0.25, 0.3) is 0 Å². The average molecular weight is 305 g/mol. The van der Waals surface area contributed by atoms with Gasteiger partial charge in [0, 0.05) is 12.2 Å². The summed E-state index contributed by atoms with van der Waals surface area (Å²) in [6.07, 6.45) is 0. The lowest BCUT2D eigenvalue weighted by atomic mass is 10.3. The second kappa shape index (κ2) is 7.90. The lowest BCUT2D eigenvalue weighted by molar-refractivity contribution is 0.333. The predicted molar refractivity (Wildman–Crippen MR) is 93.4 cm³/mol. The van der Waals surface area contributed by atoms with Crippen LogP contribution in [0, 0.1) is 0 Å². The first-order valence-electron chi connectivity index (χ1n) is 7.65.